The zero-order valence-corrected chi connectivity index (χ0v) is 12.9. The van der Waals surface area contributed by atoms with Crippen molar-refractivity contribution in [1.82, 2.24) is 9.78 Å². The fourth-order valence-corrected chi connectivity index (χ4v) is 2.27. The van der Waals surface area contributed by atoms with Gasteiger partial charge in [0.15, 0.2) is 5.69 Å². The predicted molar refractivity (Wildman–Crippen MR) is 83.2 cm³/mol. The first-order chi connectivity index (χ1) is 10.2. The lowest BCUT2D eigenvalue weighted by molar-refractivity contribution is 0.0518. The highest BCUT2D eigenvalue weighted by atomic mass is 16.5. The molecule has 0 amide bonds. The van der Waals surface area contributed by atoms with Crippen molar-refractivity contribution in [3.8, 4) is 11.3 Å². The molecule has 1 heterocycles. The molecule has 0 unspecified atom stereocenters. The van der Waals surface area contributed by atoms with Crippen molar-refractivity contribution in [1.29, 1.82) is 0 Å². The maximum absolute atomic E-state index is 11.7. The lowest BCUT2D eigenvalue weighted by Crippen LogP contribution is -2.05. The van der Waals surface area contributed by atoms with E-state index in [2.05, 4.69) is 36.3 Å². The van der Waals surface area contributed by atoms with Gasteiger partial charge in [-0.1, -0.05) is 37.6 Å². The fraction of sp³-hybridized carbons (Fsp3) is 0.412. The Morgan fingerprint density at radius 3 is 2.57 bits per heavy atom. The van der Waals surface area contributed by atoms with Crippen molar-refractivity contribution in [3.63, 3.8) is 0 Å². The van der Waals surface area contributed by atoms with Gasteiger partial charge in [0.25, 0.3) is 0 Å². The molecule has 0 bridgehead atoms. The molecule has 0 saturated carbocycles. The number of carbonyl (C=O) groups excluding carboxylic acids is 1. The number of unbranched alkanes of at least 4 members (excludes halogenated alkanes) is 1. The summed E-state index contributed by atoms with van der Waals surface area (Å²) in [5.41, 5.74) is 3.67. The van der Waals surface area contributed by atoms with Gasteiger partial charge in [-0.05, 0) is 37.0 Å². The fourth-order valence-electron chi connectivity index (χ4n) is 2.27. The molecule has 2 rings (SSSR count). The summed E-state index contributed by atoms with van der Waals surface area (Å²) < 4.78 is 6.70. The zero-order valence-electron chi connectivity index (χ0n) is 12.9. The second-order valence-electron chi connectivity index (χ2n) is 5.06. The summed E-state index contributed by atoms with van der Waals surface area (Å²) in [4.78, 5) is 11.7. The number of nitrogens with zero attached hydrogens (tertiary/aromatic N) is 2. The number of hydrogen-bond donors (Lipinski definition) is 0. The molecule has 0 saturated heterocycles. The summed E-state index contributed by atoms with van der Waals surface area (Å²) in [5, 5.41) is 4.22. The lowest BCUT2D eigenvalue weighted by atomic mass is 10.0. The van der Waals surface area contributed by atoms with Crippen molar-refractivity contribution in [2.45, 2.75) is 33.1 Å². The molecule has 112 valence electrons. The SMILES string of the molecule is CCCCc1ccc(-c2cc(C(=O)OCC)nn2C)cc1. The topological polar surface area (TPSA) is 44.1 Å². The maximum atomic E-state index is 11.7. The summed E-state index contributed by atoms with van der Waals surface area (Å²) in [5.74, 6) is -0.376. The third kappa shape index (κ3) is 3.72. The second-order valence-corrected chi connectivity index (χ2v) is 5.06. The molecule has 1 aromatic heterocycles. The van der Waals surface area contributed by atoms with Crippen molar-refractivity contribution >= 4 is 5.97 Å². The largest absolute Gasteiger partial charge is 0.461 e. The Morgan fingerprint density at radius 2 is 1.95 bits per heavy atom. The minimum atomic E-state index is -0.376. The van der Waals surface area contributed by atoms with E-state index in [1.54, 1.807) is 17.7 Å². The van der Waals surface area contributed by atoms with Crippen LogP contribution >= 0.6 is 0 Å². The van der Waals surface area contributed by atoms with Gasteiger partial charge in [-0.2, -0.15) is 5.10 Å². The van der Waals surface area contributed by atoms with E-state index in [1.165, 1.54) is 18.4 Å². The number of aryl methyl sites for hydroxylation is 2. The molecule has 0 fully saturated rings. The summed E-state index contributed by atoms with van der Waals surface area (Å²) in [6.45, 7) is 4.34. The number of rotatable bonds is 6. The molecule has 4 nitrogen and oxygen atoms in total. The quantitative estimate of drug-likeness (QED) is 0.762. The number of benzene rings is 1. The van der Waals surface area contributed by atoms with E-state index in [1.807, 2.05) is 7.05 Å². The number of esters is 1. The van der Waals surface area contributed by atoms with Crippen LogP contribution in [0.3, 0.4) is 0 Å². The highest BCUT2D eigenvalue weighted by molar-refractivity contribution is 5.88. The second kappa shape index (κ2) is 7.07. The highest BCUT2D eigenvalue weighted by Gasteiger charge is 2.14. The third-order valence-corrected chi connectivity index (χ3v) is 3.43. The molecule has 2 aromatic rings. The van der Waals surface area contributed by atoms with Crippen molar-refractivity contribution in [3.05, 3.63) is 41.6 Å². The Morgan fingerprint density at radius 1 is 1.24 bits per heavy atom. The Labute approximate surface area is 125 Å². The van der Waals surface area contributed by atoms with Crippen LogP contribution in [0.2, 0.25) is 0 Å². The molecule has 4 heteroatoms. The van der Waals surface area contributed by atoms with Gasteiger partial charge in [-0.3, -0.25) is 4.68 Å². The molecule has 0 spiro atoms. The summed E-state index contributed by atoms with van der Waals surface area (Å²) in [7, 11) is 1.84. The Kier molecular flexibility index (Phi) is 5.14. The standard InChI is InChI=1S/C17H22N2O2/c1-4-6-7-13-8-10-14(11-9-13)16-12-15(18-19(16)3)17(20)21-5-2/h8-12H,4-7H2,1-3H3. The lowest BCUT2D eigenvalue weighted by Gasteiger charge is -2.04. The Hall–Kier alpha value is -2.10. The molecule has 0 aliphatic heterocycles. The third-order valence-electron chi connectivity index (χ3n) is 3.43. The Balaban J connectivity index is 2.19. The van der Waals surface area contributed by atoms with E-state index < -0.39 is 0 Å². The van der Waals surface area contributed by atoms with Gasteiger partial charge in [0.2, 0.25) is 0 Å². The van der Waals surface area contributed by atoms with Crippen molar-refractivity contribution in [2.75, 3.05) is 6.61 Å². The first-order valence-corrected chi connectivity index (χ1v) is 7.46. The summed E-state index contributed by atoms with van der Waals surface area (Å²) in [6, 6.07) is 10.2. The predicted octanol–water partition coefficient (Wildman–Crippen LogP) is 3.61. The van der Waals surface area contributed by atoms with E-state index in [4.69, 9.17) is 4.74 Å². The number of carbonyl (C=O) groups is 1. The van der Waals surface area contributed by atoms with E-state index in [0.717, 1.165) is 17.7 Å². The molecular weight excluding hydrogens is 264 g/mol. The van der Waals surface area contributed by atoms with Crippen LogP contribution < -0.4 is 0 Å². The first kappa shape index (κ1) is 15.3. The molecule has 21 heavy (non-hydrogen) atoms. The average Bonchev–Trinajstić information content (AvgIpc) is 2.88. The van der Waals surface area contributed by atoms with Crippen molar-refractivity contribution < 1.29 is 9.53 Å². The van der Waals surface area contributed by atoms with Gasteiger partial charge in [-0.25, -0.2) is 4.79 Å². The van der Waals surface area contributed by atoms with Gasteiger partial charge >= 0.3 is 5.97 Å². The maximum Gasteiger partial charge on any atom is 0.358 e. The molecule has 0 aliphatic rings. The van der Waals surface area contributed by atoms with Crippen LogP contribution in [-0.4, -0.2) is 22.4 Å². The number of hydrogen-bond acceptors (Lipinski definition) is 3. The van der Waals surface area contributed by atoms with Gasteiger partial charge < -0.3 is 4.74 Å². The van der Waals surface area contributed by atoms with Crippen LogP contribution in [0, 0.1) is 0 Å². The van der Waals surface area contributed by atoms with E-state index in [0.29, 0.717) is 12.3 Å². The van der Waals surface area contributed by atoms with Crippen LogP contribution in [0.1, 0.15) is 42.7 Å². The van der Waals surface area contributed by atoms with Crippen LogP contribution in [-0.2, 0) is 18.2 Å². The molecule has 0 N–H and O–H groups in total. The molecule has 0 aliphatic carbocycles. The number of aromatic nitrogens is 2. The normalized spacial score (nSPS) is 10.6. The molecule has 0 radical (unpaired) electrons. The summed E-state index contributed by atoms with van der Waals surface area (Å²) in [6.07, 6.45) is 3.51. The monoisotopic (exact) mass is 286 g/mol. The highest BCUT2D eigenvalue weighted by Crippen LogP contribution is 2.21. The zero-order chi connectivity index (χ0) is 15.2. The molecular formula is C17H22N2O2. The van der Waals surface area contributed by atoms with Crippen molar-refractivity contribution in [2.24, 2.45) is 7.05 Å². The van der Waals surface area contributed by atoms with Crippen LogP contribution in [0.4, 0.5) is 0 Å². The molecule has 0 atom stereocenters. The summed E-state index contributed by atoms with van der Waals surface area (Å²) >= 11 is 0. The van der Waals surface area contributed by atoms with Gasteiger partial charge in [-0.15, -0.1) is 0 Å². The average molecular weight is 286 g/mol. The van der Waals surface area contributed by atoms with E-state index in [-0.39, 0.29) is 5.97 Å². The first-order valence-electron chi connectivity index (χ1n) is 7.46. The van der Waals surface area contributed by atoms with Gasteiger partial charge in [0, 0.05) is 7.05 Å². The van der Waals surface area contributed by atoms with Gasteiger partial charge in [0.05, 0.1) is 12.3 Å². The van der Waals surface area contributed by atoms with Crippen LogP contribution in [0.5, 0.6) is 0 Å². The van der Waals surface area contributed by atoms with Gasteiger partial charge in [0.1, 0.15) is 0 Å². The number of ether oxygens (including phenoxy) is 1. The smallest absolute Gasteiger partial charge is 0.358 e. The minimum Gasteiger partial charge on any atom is -0.461 e. The van der Waals surface area contributed by atoms with Crippen LogP contribution in [0.15, 0.2) is 30.3 Å². The Bertz CT molecular complexity index is 600. The van der Waals surface area contributed by atoms with Crippen LogP contribution in [0.25, 0.3) is 11.3 Å². The van der Waals surface area contributed by atoms with E-state index in [9.17, 15) is 4.79 Å². The minimum absolute atomic E-state index is 0.351. The van der Waals surface area contributed by atoms with E-state index >= 15 is 0 Å². The molecule has 1 aromatic carbocycles.